The average molecular weight is 175 g/mol. The van der Waals surface area contributed by atoms with Gasteiger partial charge in [0.1, 0.15) is 0 Å². The molecule has 0 aromatic rings. The molecule has 5 nitrogen and oxygen atoms in total. The molecule has 1 amide bonds. The third-order valence-electron chi connectivity index (χ3n) is 2.09. The molecule has 0 aliphatic carbocycles. The third kappa shape index (κ3) is 1.86. The van der Waals surface area contributed by atoms with Crippen molar-refractivity contribution in [1.82, 2.24) is 4.90 Å². The smallest absolute Gasteiger partial charge is 0.407 e. The number of carbonyl (C=O) groups is 1. The molecule has 2 N–H and O–H groups in total. The van der Waals surface area contributed by atoms with Gasteiger partial charge in [0.25, 0.3) is 0 Å². The quantitative estimate of drug-likeness (QED) is 0.576. The molecule has 2 unspecified atom stereocenters. The van der Waals surface area contributed by atoms with Crippen molar-refractivity contribution in [3.05, 3.63) is 0 Å². The van der Waals surface area contributed by atoms with Gasteiger partial charge in [-0.05, 0) is 6.42 Å². The van der Waals surface area contributed by atoms with E-state index in [2.05, 4.69) is 0 Å². The Balaban J connectivity index is 2.46. The summed E-state index contributed by atoms with van der Waals surface area (Å²) in [5, 5.41) is 17.9. The molecule has 70 valence electrons. The molecular formula is C7H13NO4. The minimum atomic E-state index is -0.983. The van der Waals surface area contributed by atoms with Gasteiger partial charge in [0.05, 0.1) is 18.8 Å². The van der Waals surface area contributed by atoms with Gasteiger partial charge < -0.3 is 19.8 Å². The number of carboxylic acid groups (broad SMARTS) is 1. The highest BCUT2D eigenvalue weighted by Crippen LogP contribution is 2.13. The summed E-state index contributed by atoms with van der Waals surface area (Å²) in [7, 11) is 1.52. The summed E-state index contributed by atoms with van der Waals surface area (Å²) in [4.78, 5) is 11.7. The van der Waals surface area contributed by atoms with E-state index in [1.54, 1.807) is 0 Å². The molecule has 0 saturated carbocycles. The molecule has 0 radical (unpaired) electrons. The second-order valence-electron chi connectivity index (χ2n) is 2.86. The number of β-amino-alcohol motifs (C(OH)–C–C–N with tert-alkyl or cyclic N) is 1. The first kappa shape index (κ1) is 9.28. The first-order chi connectivity index (χ1) is 5.65. The lowest BCUT2D eigenvalue weighted by atomic mass is 10.1. The molecule has 0 bridgehead atoms. The summed E-state index contributed by atoms with van der Waals surface area (Å²) in [5.41, 5.74) is 0. The van der Waals surface area contributed by atoms with E-state index in [4.69, 9.17) is 9.84 Å². The topological polar surface area (TPSA) is 70.0 Å². The number of rotatable bonds is 1. The van der Waals surface area contributed by atoms with E-state index >= 15 is 0 Å². The van der Waals surface area contributed by atoms with Crippen molar-refractivity contribution in [1.29, 1.82) is 0 Å². The number of ether oxygens (including phenoxy) is 1. The molecule has 12 heavy (non-hydrogen) atoms. The predicted molar refractivity (Wildman–Crippen MR) is 41.0 cm³/mol. The Morgan fingerprint density at radius 2 is 2.33 bits per heavy atom. The fraction of sp³-hybridized carbons (Fsp3) is 0.857. The Kier molecular flexibility index (Phi) is 2.88. The van der Waals surface area contributed by atoms with Crippen molar-refractivity contribution in [2.75, 3.05) is 20.2 Å². The van der Waals surface area contributed by atoms with Crippen LogP contribution in [0.2, 0.25) is 0 Å². The van der Waals surface area contributed by atoms with Crippen LogP contribution in [0.15, 0.2) is 0 Å². The fourth-order valence-corrected chi connectivity index (χ4v) is 1.36. The van der Waals surface area contributed by atoms with Gasteiger partial charge in [0.2, 0.25) is 0 Å². The Hall–Kier alpha value is -0.810. The summed E-state index contributed by atoms with van der Waals surface area (Å²) in [6.45, 7) is 0.582. The molecule has 1 aliphatic rings. The number of hydrogen-bond acceptors (Lipinski definition) is 3. The van der Waals surface area contributed by atoms with Gasteiger partial charge in [-0.15, -0.1) is 0 Å². The predicted octanol–water partition coefficient (Wildman–Crippen LogP) is -0.254. The molecule has 0 aromatic heterocycles. The van der Waals surface area contributed by atoms with Crippen LogP contribution >= 0.6 is 0 Å². The Morgan fingerprint density at radius 1 is 1.67 bits per heavy atom. The molecule has 1 rings (SSSR count). The second-order valence-corrected chi connectivity index (χ2v) is 2.86. The molecule has 2 atom stereocenters. The van der Waals surface area contributed by atoms with E-state index in [0.29, 0.717) is 13.0 Å². The van der Waals surface area contributed by atoms with Gasteiger partial charge in [-0.25, -0.2) is 4.79 Å². The number of hydrogen-bond donors (Lipinski definition) is 2. The first-order valence-corrected chi connectivity index (χ1v) is 3.84. The van der Waals surface area contributed by atoms with Crippen molar-refractivity contribution >= 4 is 6.09 Å². The number of methoxy groups -OCH3 is 1. The molecule has 1 fully saturated rings. The fourth-order valence-electron chi connectivity index (χ4n) is 1.36. The minimum Gasteiger partial charge on any atom is -0.465 e. The molecule has 1 heterocycles. The van der Waals surface area contributed by atoms with Crippen LogP contribution in [-0.2, 0) is 4.74 Å². The highest BCUT2D eigenvalue weighted by Gasteiger charge is 2.29. The van der Waals surface area contributed by atoms with Gasteiger partial charge in [0.15, 0.2) is 0 Å². The highest BCUT2D eigenvalue weighted by molar-refractivity contribution is 5.65. The monoisotopic (exact) mass is 175 g/mol. The first-order valence-electron chi connectivity index (χ1n) is 3.84. The van der Waals surface area contributed by atoms with E-state index in [9.17, 15) is 9.90 Å². The molecule has 0 aromatic carbocycles. The van der Waals surface area contributed by atoms with E-state index < -0.39 is 12.2 Å². The standard InChI is InChI=1S/C7H13NO4/c1-12-6-2-3-8(7(10)11)4-5(6)9/h5-6,9H,2-4H2,1H3,(H,10,11). The molecule has 1 aliphatic heterocycles. The number of nitrogens with zero attached hydrogens (tertiary/aromatic N) is 1. The maximum Gasteiger partial charge on any atom is 0.407 e. The zero-order valence-corrected chi connectivity index (χ0v) is 6.93. The summed E-state index contributed by atoms with van der Waals surface area (Å²) in [5.74, 6) is 0. The van der Waals surface area contributed by atoms with Gasteiger partial charge in [-0.1, -0.05) is 0 Å². The Morgan fingerprint density at radius 3 is 2.75 bits per heavy atom. The van der Waals surface area contributed by atoms with E-state index in [-0.39, 0.29) is 12.6 Å². The summed E-state index contributed by atoms with van der Waals surface area (Å²) in [6, 6.07) is 0. The highest BCUT2D eigenvalue weighted by atomic mass is 16.5. The Labute approximate surface area is 70.5 Å². The summed E-state index contributed by atoms with van der Waals surface area (Å²) < 4.78 is 4.96. The lowest BCUT2D eigenvalue weighted by Gasteiger charge is -2.33. The number of likely N-dealkylation sites (tertiary alicyclic amines) is 1. The lowest BCUT2D eigenvalue weighted by molar-refractivity contribution is -0.0547. The van der Waals surface area contributed by atoms with Crippen LogP contribution in [0.25, 0.3) is 0 Å². The van der Waals surface area contributed by atoms with Crippen LogP contribution < -0.4 is 0 Å². The molecule has 0 spiro atoms. The van der Waals surface area contributed by atoms with E-state index in [1.165, 1.54) is 12.0 Å². The van der Waals surface area contributed by atoms with Crippen molar-refractivity contribution in [3.8, 4) is 0 Å². The SMILES string of the molecule is COC1CCN(C(=O)O)CC1O. The maximum absolute atomic E-state index is 10.5. The number of aliphatic hydroxyl groups excluding tert-OH is 1. The van der Waals surface area contributed by atoms with Crippen LogP contribution in [0.3, 0.4) is 0 Å². The van der Waals surface area contributed by atoms with Crippen molar-refractivity contribution in [2.45, 2.75) is 18.6 Å². The van der Waals surface area contributed by atoms with Gasteiger partial charge in [-0.2, -0.15) is 0 Å². The number of piperidine rings is 1. The van der Waals surface area contributed by atoms with Gasteiger partial charge in [0, 0.05) is 13.7 Å². The van der Waals surface area contributed by atoms with Crippen LogP contribution in [0, 0.1) is 0 Å². The van der Waals surface area contributed by atoms with Crippen molar-refractivity contribution in [3.63, 3.8) is 0 Å². The number of aliphatic hydroxyl groups is 1. The largest absolute Gasteiger partial charge is 0.465 e. The lowest BCUT2D eigenvalue weighted by Crippen LogP contribution is -2.49. The normalized spacial score (nSPS) is 30.3. The van der Waals surface area contributed by atoms with Crippen LogP contribution in [0.5, 0.6) is 0 Å². The van der Waals surface area contributed by atoms with Gasteiger partial charge in [-0.3, -0.25) is 0 Å². The van der Waals surface area contributed by atoms with E-state index in [0.717, 1.165) is 0 Å². The number of amides is 1. The van der Waals surface area contributed by atoms with Crippen LogP contribution in [-0.4, -0.2) is 53.6 Å². The second kappa shape index (κ2) is 3.73. The summed E-state index contributed by atoms with van der Waals surface area (Å²) >= 11 is 0. The van der Waals surface area contributed by atoms with Crippen molar-refractivity contribution < 1.29 is 19.7 Å². The zero-order valence-electron chi connectivity index (χ0n) is 6.93. The average Bonchev–Trinajstić information content (AvgIpc) is 2.04. The Bertz CT molecular complexity index is 173. The van der Waals surface area contributed by atoms with E-state index in [1.807, 2.05) is 0 Å². The van der Waals surface area contributed by atoms with Gasteiger partial charge >= 0.3 is 6.09 Å². The molecule has 5 heteroatoms. The summed E-state index contributed by atoms with van der Waals surface area (Å²) in [6.07, 6.45) is -1.34. The zero-order chi connectivity index (χ0) is 9.14. The van der Waals surface area contributed by atoms with Crippen molar-refractivity contribution in [2.24, 2.45) is 0 Å². The molecule has 1 saturated heterocycles. The van der Waals surface area contributed by atoms with Crippen LogP contribution in [0.4, 0.5) is 4.79 Å². The third-order valence-corrected chi connectivity index (χ3v) is 2.09. The minimum absolute atomic E-state index is 0.147. The van der Waals surface area contributed by atoms with Crippen LogP contribution in [0.1, 0.15) is 6.42 Å². The molecular weight excluding hydrogens is 162 g/mol. The maximum atomic E-state index is 10.5.